The van der Waals surface area contributed by atoms with E-state index in [-0.39, 0.29) is 0 Å². The molecule has 0 amide bonds. The van der Waals surface area contributed by atoms with Crippen molar-refractivity contribution >= 4 is 11.6 Å². The first-order chi connectivity index (χ1) is 7.51. The Balaban J connectivity index is 3.24. The van der Waals surface area contributed by atoms with E-state index in [2.05, 4.69) is 0 Å². The van der Waals surface area contributed by atoms with E-state index in [0.29, 0.717) is 12.1 Å². The van der Waals surface area contributed by atoms with Crippen LogP contribution in [0.1, 0.15) is 17.2 Å². The van der Waals surface area contributed by atoms with Gasteiger partial charge in [0.15, 0.2) is 0 Å². The second-order valence-electron chi connectivity index (χ2n) is 3.29. The minimum Gasteiger partial charge on any atom is -0.316 e. The van der Waals surface area contributed by atoms with E-state index in [1.54, 1.807) is 0 Å². The third-order valence-corrected chi connectivity index (χ3v) is 2.18. The summed E-state index contributed by atoms with van der Waals surface area (Å²) in [6.07, 6.45) is -9.60. The standard InChI is InChI=1S/C9H6ClF6N/c10-6-2-4(7(17)9(14,15)16)1-5(3-6)8(11,12)13/h1-3,7H,17H2/t7-/m0/s1. The molecule has 0 aliphatic rings. The summed E-state index contributed by atoms with van der Waals surface area (Å²) >= 11 is 5.33. The van der Waals surface area contributed by atoms with Crippen LogP contribution >= 0.6 is 11.6 Å². The van der Waals surface area contributed by atoms with Crippen molar-refractivity contribution < 1.29 is 26.3 Å². The van der Waals surface area contributed by atoms with Crippen molar-refractivity contribution in [1.82, 2.24) is 0 Å². The highest BCUT2D eigenvalue weighted by atomic mass is 35.5. The predicted octanol–water partition coefficient (Wildman–Crippen LogP) is 3.92. The van der Waals surface area contributed by atoms with Gasteiger partial charge in [-0.3, -0.25) is 0 Å². The number of hydrogen-bond donors (Lipinski definition) is 1. The van der Waals surface area contributed by atoms with Crippen LogP contribution in [0, 0.1) is 0 Å². The van der Waals surface area contributed by atoms with Crippen LogP contribution in [0.4, 0.5) is 26.3 Å². The molecule has 1 aromatic carbocycles. The van der Waals surface area contributed by atoms with Crippen LogP contribution in [0.25, 0.3) is 0 Å². The Labute approximate surface area is 97.2 Å². The number of halogens is 7. The van der Waals surface area contributed by atoms with E-state index >= 15 is 0 Å². The minimum atomic E-state index is -4.83. The summed E-state index contributed by atoms with van der Waals surface area (Å²) in [6, 6.07) is -0.866. The average Bonchev–Trinajstić information content (AvgIpc) is 2.12. The first-order valence-electron chi connectivity index (χ1n) is 4.22. The maximum atomic E-state index is 12.3. The van der Waals surface area contributed by atoms with Gasteiger partial charge in [-0.15, -0.1) is 0 Å². The molecule has 96 valence electrons. The summed E-state index contributed by atoms with van der Waals surface area (Å²) in [4.78, 5) is 0. The highest BCUT2D eigenvalue weighted by Crippen LogP contribution is 2.36. The van der Waals surface area contributed by atoms with E-state index in [4.69, 9.17) is 17.3 Å². The highest BCUT2D eigenvalue weighted by Gasteiger charge is 2.39. The summed E-state index contributed by atoms with van der Waals surface area (Å²) in [5, 5.41) is -0.450. The molecule has 0 saturated carbocycles. The van der Waals surface area contributed by atoms with Crippen LogP contribution in [0.15, 0.2) is 18.2 Å². The quantitative estimate of drug-likeness (QED) is 0.774. The third kappa shape index (κ3) is 3.50. The minimum absolute atomic E-state index is 0.337. The number of benzene rings is 1. The number of rotatable bonds is 1. The molecule has 0 unspecified atom stereocenters. The number of alkyl halides is 6. The van der Waals surface area contributed by atoms with Crippen LogP contribution in [0.2, 0.25) is 5.02 Å². The first-order valence-corrected chi connectivity index (χ1v) is 4.59. The molecule has 1 rings (SSSR count). The predicted molar refractivity (Wildman–Crippen MR) is 49.4 cm³/mol. The fourth-order valence-electron chi connectivity index (χ4n) is 1.14. The third-order valence-electron chi connectivity index (χ3n) is 1.96. The lowest BCUT2D eigenvalue weighted by atomic mass is 10.0. The summed E-state index contributed by atoms with van der Waals surface area (Å²) < 4.78 is 73.7. The van der Waals surface area contributed by atoms with Crippen molar-refractivity contribution in [1.29, 1.82) is 0 Å². The van der Waals surface area contributed by atoms with Crippen molar-refractivity contribution in [2.24, 2.45) is 5.73 Å². The zero-order valence-electron chi connectivity index (χ0n) is 8.03. The lowest BCUT2D eigenvalue weighted by Crippen LogP contribution is -2.28. The average molecular weight is 278 g/mol. The van der Waals surface area contributed by atoms with Gasteiger partial charge in [-0.2, -0.15) is 26.3 Å². The summed E-state index contributed by atoms with van der Waals surface area (Å²) in [7, 11) is 0. The molecule has 0 aliphatic heterocycles. The molecule has 0 heterocycles. The Kier molecular flexibility index (Phi) is 3.63. The highest BCUT2D eigenvalue weighted by molar-refractivity contribution is 6.30. The fourth-order valence-corrected chi connectivity index (χ4v) is 1.39. The summed E-state index contributed by atoms with van der Waals surface area (Å²) in [5.41, 5.74) is 2.81. The molecule has 0 radical (unpaired) electrons. The maximum Gasteiger partial charge on any atom is 0.416 e. The SMILES string of the molecule is N[C@@H](c1cc(Cl)cc(C(F)(F)F)c1)C(F)(F)F. The number of nitrogens with two attached hydrogens (primary N) is 1. The second-order valence-corrected chi connectivity index (χ2v) is 3.73. The lowest BCUT2D eigenvalue weighted by Gasteiger charge is -2.17. The molecular weight excluding hydrogens is 272 g/mol. The van der Waals surface area contributed by atoms with E-state index in [9.17, 15) is 26.3 Å². The van der Waals surface area contributed by atoms with E-state index < -0.39 is 34.5 Å². The van der Waals surface area contributed by atoms with Crippen molar-refractivity contribution in [3.63, 3.8) is 0 Å². The number of hydrogen-bond acceptors (Lipinski definition) is 1. The molecule has 0 saturated heterocycles. The van der Waals surface area contributed by atoms with Gasteiger partial charge in [-0.05, 0) is 23.8 Å². The summed E-state index contributed by atoms with van der Waals surface area (Å²) in [6.45, 7) is 0. The van der Waals surface area contributed by atoms with Crippen LogP contribution in [-0.2, 0) is 6.18 Å². The van der Waals surface area contributed by atoms with E-state index in [1.165, 1.54) is 0 Å². The normalized spacial score (nSPS) is 14.8. The van der Waals surface area contributed by atoms with E-state index in [1.807, 2.05) is 0 Å². The van der Waals surface area contributed by atoms with Gasteiger partial charge in [0.25, 0.3) is 0 Å². The first kappa shape index (κ1) is 14.1. The van der Waals surface area contributed by atoms with Crippen molar-refractivity contribution in [3.05, 3.63) is 34.3 Å². The Hall–Kier alpha value is -0.950. The van der Waals surface area contributed by atoms with Crippen molar-refractivity contribution in [2.75, 3.05) is 0 Å². The molecule has 8 heteroatoms. The molecule has 1 aromatic rings. The van der Waals surface area contributed by atoms with Gasteiger partial charge in [0.1, 0.15) is 6.04 Å². The van der Waals surface area contributed by atoms with Crippen LogP contribution < -0.4 is 5.73 Å². The molecular formula is C9H6ClF6N. The largest absolute Gasteiger partial charge is 0.416 e. The molecule has 0 aromatic heterocycles. The summed E-state index contributed by atoms with van der Waals surface area (Å²) in [5.74, 6) is 0. The molecule has 0 bridgehead atoms. The van der Waals surface area contributed by atoms with Gasteiger partial charge >= 0.3 is 12.4 Å². The molecule has 1 atom stereocenters. The second kappa shape index (κ2) is 4.38. The Morgan fingerprint density at radius 1 is 1.00 bits per heavy atom. The zero-order chi connectivity index (χ0) is 13.4. The van der Waals surface area contributed by atoms with Gasteiger partial charge in [0.2, 0.25) is 0 Å². The van der Waals surface area contributed by atoms with Crippen LogP contribution in [-0.4, -0.2) is 6.18 Å². The van der Waals surface area contributed by atoms with Crippen molar-refractivity contribution in [3.8, 4) is 0 Å². The Morgan fingerprint density at radius 2 is 1.53 bits per heavy atom. The lowest BCUT2D eigenvalue weighted by molar-refractivity contribution is -0.150. The topological polar surface area (TPSA) is 26.0 Å². The van der Waals surface area contributed by atoms with Crippen LogP contribution in [0.3, 0.4) is 0 Å². The molecule has 0 aliphatic carbocycles. The smallest absolute Gasteiger partial charge is 0.316 e. The molecule has 17 heavy (non-hydrogen) atoms. The van der Waals surface area contributed by atoms with Crippen LogP contribution in [0.5, 0.6) is 0 Å². The van der Waals surface area contributed by atoms with Gasteiger partial charge in [-0.1, -0.05) is 11.6 Å². The van der Waals surface area contributed by atoms with Gasteiger partial charge in [-0.25, -0.2) is 0 Å². The Bertz CT molecular complexity index is 411. The monoisotopic (exact) mass is 277 g/mol. The Morgan fingerprint density at radius 3 is 1.94 bits per heavy atom. The molecule has 2 N–H and O–H groups in total. The van der Waals surface area contributed by atoms with E-state index in [0.717, 1.165) is 6.07 Å². The fraction of sp³-hybridized carbons (Fsp3) is 0.333. The van der Waals surface area contributed by atoms with Gasteiger partial charge in [0, 0.05) is 5.02 Å². The molecule has 0 fully saturated rings. The van der Waals surface area contributed by atoms with Gasteiger partial charge < -0.3 is 5.73 Å². The van der Waals surface area contributed by atoms with Crippen molar-refractivity contribution in [2.45, 2.75) is 18.4 Å². The van der Waals surface area contributed by atoms with Gasteiger partial charge in [0.05, 0.1) is 5.56 Å². The molecule has 0 spiro atoms. The zero-order valence-corrected chi connectivity index (χ0v) is 8.79. The molecule has 1 nitrogen and oxygen atoms in total. The maximum absolute atomic E-state index is 12.3.